The number of rotatable bonds is 6. The van der Waals surface area contributed by atoms with Crippen LogP contribution in [0.25, 0.3) is 0 Å². The van der Waals surface area contributed by atoms with Crippen molar-refractivity contribution in [2.24, 2.45) is 5.73 Å². The molecule has 0 aromatic carbocycles. The van der Waals surface area contributed by atoms with Crippen molar-refractivity contribution in [3.8, 4) is 0 Å². The first-order valence-corrected chi connectivity index (χ1v) is 5.78. The Labute approximate surface area is 104 Å². The summed E-state index contributed by atoms with van der Waals surface area (Å²) in [6, 6.07) is -1.49. The number of nitrogens with one attached hydrogen (secondary N) is 2. The van der Waals surface area contributed by atoms with E-state index in [9.17, 15) is 19.2 Å². The van der Waals surface area contributed by atoms with E-state index in [1.165, 1.54) is 6.92 Å². The second-order valence-electron chi connectivity index (χ2n) is 4.36. The molecule has 0 spiro atoms. The Morgan fingerprint density at radius 3 is 2.61 bits per heavy atom. The fraction of sp³-hybridized carbons (Fsp3) is 0.636. The van der Waals surface area contributed by atoms with Gasteiger partial charge < -0.3 is 21.2 Å². The van der Waals surface area contributed by atoms with Gasteiger partial charge in [0.05, 0.1) is 0 Å². The molecule has 0 aromatic rings. The minimum Gasteiger partial charge on any atom is -0.368 e. The highest BCUT2D eigenvalue weighted by atomic mass is 16.2. The van der Waals surface area contributed by atoms with Crippen molar-refractivity contribution >= 4 is 23.5 Å². The van der Waals surface area contributed by atoms with Crippen LogP contribution in [0, 0.1) is 0 Å². The van der Waals surface area contributed by atoms with Crippen molar-refractivity contribution < 1.29 is 19.2 Å². The lowest BCUT2D eigenvalue weighted by atomic mass is 10.1. The third-order valence-corrected chi connectivity index (χ3v) is 2.76. The SMILES string of the molecule is CC(=O)CC[C@H](NC(=O)[C@@H]1CCC(=O)N1)C(N)=O. The third-order valence-electron chi connectivity index (χ3n) is 2.76. The molecule has 0 radical (unpaired) electrons. The van der Waals surface area contributed by atoms with Gasteiger partial charge in [-0.1, -0.05) is 0 Å². The fourth-order valence-corrected chi connectivity index (χ4v) is 1.72. The number of hydrogen-bond acceptors (Lipinski definition) is 4. The van der Waals surface area contributed by atoms with E-state index in [0.717, 1.165) is 0 Å². The number of carbonyl (C=O) groups is 4. The van der Waals surface area contributed by atoms with Gasteiger partial charge in [-0.2, -0.15) is 0 Å². The number of Topliss-reactive ketones (excluding diaryl/α,β-unsaturated/α-hetero) is 1. The van der Waals surface area contributed by atoms with Crippen molar-refractivity contribution in [2.75, 3.05) is 0 Å². The summed E-state index contributed by atoms with van der Waals surface area (Å²) in [4.78, 5) is 44.7. The van der Waals surface area contributed by atoms with E-state index >= 15 is 0 Å². The Balaban J connectivity index is 2.49. The Kier molecular flexibility index (Phi) is 4.82. The van der Waals surface area contributed by atoms with Crippen molar-refractivity contribution in [1.29, 1.82) is 0 Å². The summed E-state index contributed by atoms with van der Waals surface area (Å²) < 4.78 is 0. The summed E-state index contributed by atoms with van der Waals surface area (Å²) in [7, 11) is 0. The molecule has 0 aromatic heterocycles. The maximum atomic E-state index is 11.7. The van der Waals surface area contributed by atoms with Gasteiger partial charge in [-0.25, -0.2) is 0 Å². The largest absolute Gasteiger partial charge is 0.368 e. The molecule has 1 aliphatic heterocycles. The molecular weight excluding hydrogens is 238 g/mol. The minimum atomic E-state index is -0.876. The summed E-state index contributed by atoms with van der Waals surface area (Å²) in [5.74, 6) is -1.39. The first-order valence-electron chi connectivity index (χ1n) is 5.78. The average Bonchev–Trinajstić information content (AvgIpc) is 2.70. The topological polar surface area (TPSA) is 118 Å². The summed E-state index contributed by atoms with van der Waals surface area (Å²) in [5, 5.41) is 4.95. The molecule has 18 heavy (non-hydrogen) atoms. The van der Waals surface area contributed by atoms with Gasteiger partial charge in [-0.3, -0.25) is 14.4 Å². The molecule has 0 unspecified atom stereocenters. The van der Waals surface area contributed by atoms with Crippen LogP contribution in [0.3, 0.4) is 0 Å². The quantitative estimate of drug-likeness (QED) is 0.541. The molecule has 7 heteroatoms. The lowest BCUT2D eigenvalue weighted by Gasteiger charge is -2.17. The third kappa shape index (κ3) is 4.15. The number of primary amides is 1. The predicted octanol–water partition coefficient (Wildman–Crippen LogP) is -1.40. The monoisotopic (exact) mass is 255 g/mol. The summed E-state index contributed by atoms with van der Waals surface area (Å²) >= 11 is 0. The lowest BCUT2D eigenvalue weighted by molar-refractivity contribution is -0.129. The predicted molar refractivity (Wildman–Crippen MR) is 62.2 cm³/mol. The molecule has 1 fully saturated rings. The van der Waals surface area contributed by atoms with Crippen molar-refractivity contribution in [3.63, 3.8) is 0 Å². The molecule has 100 valence electrons. The van der Waals surface area contributed by atoms with E-state index in [4.69, 9.17) is 5.73 Å². The van der Waals surface area contributed by atoms with Crippen LogP contribution in [0.2, 0.25) is 0 Å². The van der Waals surface area contributed by atoms with Gasteiger partial charge in [0.15, 0.2) is 0 Å². The van der Waals surface area contributed by atoms with E-state index in [1.807, 2.05) is 0 Å². The zero-order valence-electron chi connectivity index (χ0n) is 10.2. The highest BCUT2D eigenvalue weighted by Gasteiger charge is 2.29. The van der Waals surface area contributed by atoms with Gasteiger partial charge in [0.2, 0.25) is 17.7 Å². The van der Waals surface area contributed by atoms with Crippen LogP contribution in [0.1, 0.15) is 32.6 Å². The van der Waals surface area contributed by atoms with E-state index in [1.54, 1.807) is 0 Å². The van der Waals surface area contributed by atoms with Gasteiger partial charge >= 0.3 is 0 Å². The average molecular weight is 255 g/mol. The van der Waals surface area contributed by atoms with Crippen LogP contribution in [-0.2, 0) is 19.2 Å². The number of carbonyl (C=O) groups excluding carboxylic acids is 4. The van der Waals surface area contributed by atoms with Gasteiger partial charge in [-0.15, -0.1) is 0 Å². The molecule has 3 amide bonds. The van der Waals surface area contributed by atoms with E-state index in [0.29, 0.717) is 12.8 Å². The zero-order valence-corrected chi connectivity index (χ0v) is 10.2. The fourth-order valence-electron chi connectivity index (χ4n) is 1.72. The smallest absolute Gasteiger partial charge is 0.243 e. The van der Waals surface area contributed by atoms with Crippen molar-refractivity contribution in [1.82, 2.24) is 10.6 Å². The molecular formula is C11H17N3O4. The highest BCUT2D eigenvalue weighted by Crippen LogP contribution is 2.07. The van der Waals surface area contributed by atoms with Crippen LogP contribution in [0.15, 0.2) is 0 Å². The number of ketones is 1. The Morgan fingerprint density at radius 2 is 2.17 bits per heavy atom. The minimum absolute atomic E-state index is 0.0790. The maximum absolute atomic E-state index is 11.7. The van der Waals surface area contributed by atoms with Crippen molar-refractivity contribution in [3.05, 3.63) is 0 Å². The van der Waals surface area contributed by atoms with Gasteiger partial charge in [0.25, 0.3) is 0 Å². The van der Waals surface area contributed by atoms with E-state index < -0.39 is 23.9 Å². The van der Waals surface area contributed by atoms with E-state index in [-0.39, 0.29) is 24.5 Å². The molecule has 1 rings (SSSR count). The normalized spacial score (nSPS) is 20.1. The molecule has 4 N–H and O–H groups in total. The first kappa shape index (κ1) is 14.1. The molecule has 1 heterocycles. The van der Waals surface area contributed by atoms with Gasteiger partial charge in [0, 0.05) is 12.8 Å². The van der Waals surface area contributed by atoms with Crippen LogP contribution in [-0.4, -0.2) is 35.6 Å². The molecule has 7 nitrogen and oxygen atoms in total. The summed E-state index contributed by atoms with van der Waals surface area (Å²) in [6.07, 6.45) is 1.05. The Morgan fingerprint density at radius 1 is 1.50 bits per heavy atom. The van der Waals surface area contributed by atoms with Gasteiger partial charge in [-0.05, 0) is 19.8 Å². The second-order valence-corrected chi connectivity index (χ2v) is 4.36. The standard InChI is InChI=1S/C11H17N3O4/c1-6(15)2-3-7(10(12)17)14-11(18)8-4-5-9(16)13-8/h7-8H,2-5H2,1H3,(H2,12,17)(H,13,16)(H,14,18)/t7-,8-/m0/s1. The summed E-state index contributed by atoms with van der Waals surface area (Å²) in [6.45, 7) is 1.40. The van der Waals surface area contributed by atoms with Crippen LogP contribution in [0.5, 0.6) is 0 Å². The Hall–Kier alpha value is -1.92. The van der Waals surface area contributed by atoms with Crippen molar-refractivity contribution in [2.45, 2.75) is 44.7 Å². The first-order chi connectivity index (χ1) is 8.40. The Bertz CT molecular complexity index is 380. The van der Waals surface area contributed by atoms with Crippen LogP contribution in [0.4, 0.5) is 0 Å². The van der Waals surface area contributed by atoms with Crippen LogP contribution >= 0.6 is 0 Å². The molecule has 1 aliphatic rings. The molecule has 0 bridgehead atoms. The molecule has 0 aliphatic carbocycles. The zero-order chi connectivity index (χ0) is 13.7. The second kappa shape index (κ2) is 6.13. The summed E-state index contributed by atoms with van der Waals surface area (Å²) in [5.41, 5.74) is 5.14. The molecule has 0 saturated carbocycles. The van der Waals surface area contributed by atoms with Gasteiger partial charge in [0.1, 0.15) is 17.9 Å². The molecule has 1 saturated heterocycles. The number of hydrogen-bond donors (Lipinski definition) is 3. The maximum Gasteiger partial charge on any atom is 0.243 e. The van der Waals surface area contributed by atoms with Crippen LogP contribution < -0.4 is 16.4 Å². The molecule has 2 atom stereocenters. The lowest BCUT2D eigenvalue weighted by Crippen LogP contribution is -2.50. The highest BCUT2D eigenvalue weighted by molar-refractivity contribution is 5.93. The number of amides is 3. The van der Waals surface area contributed by atoms with E-state index in [2.05, 4.69) is 10.6 Å². The number of nitrogens with two attached hydrogens (primary N) is 1.